The molecule has 3 unspecified atom stereocenters. The fraction of sp³-hybridized carbons (Fsp3) is 0.164. The van der Waals surface area contributed by atoms with Gasteiger partial charge in [0.25, 0.3) is 5.69 Å². The average molecular weight is 1090 g/mol. The number of para-hydroxylation sites is 1. The third-order valence-corrected chi connectivity index (χ3v) is 13.7. The van der Waals surface area contributed by atoms with Crippen LogP contribution in [0.25, 0.3) is 0 Å². The van der Waals surface area contributed by atoms with Gasteiger partial charge in [0.15, 0.2) is 11.5 Å². The first-order chi connectivity index (χ1) is 39.6. The molecule has 0 aliphatic carbocycles. The first-order valence-electron chi connectivity index (χ1n) is 25.4. The Bertz CT molecular complexity index is 3660. The molecule has 12 rings (SSSR count). The largest absolute Gasteiger partial charge is 0.497 e. The molecule has 3 N–H and O–H groups in total. The van der Waals surface area contributed by atoms with Crippen LogP contribution in [0.3, 0.4) is 0 Å². The molecule has 0 radical (unpaired) electrons. The molecule has 4 aliphatic rings. The van der Waals surface area contributed by atoms with E-state index in [-0.39, 0.29) is 36.8 Å². The second kappa shape index (κ2) is 24.8. The van der Waals surface area contributed by atoms with E-state index in [1.807, 2.05) is 127 Å². The number of non-ortho nitro benzene ring substituents is 1. The molecular weight excluding hydrogens is 1040 g/mol. The molecule has 8 aromatic carbocycles. The van der Waals surface area contributed by atoms with Crippen molar-refractivity contribution in [2.24, 2.45) is 15.4 Å². The Kier molecular flexibility index (Phi) is 16.5. The van der Waals surface area contributed by atoms with Crippen molar-refractivity contribution in [1.29, 1.82) is 0 Å². The first-order valence-corrected chi connectivity index (χ1v) is 25.4. The van der Waals surface area contributed by atoms with Crippen LogP contribution < -0.4 is 48.7 Å². The van der Waals surface area contributed by atoms with Gasteiger partial charge in [0.05, 0.1) is 72.1 Å². The SMILES string of the molecule is COc1ccc2c(c1)OCC(c1ccc3c(c1)OCO3)C2=NNc1ccc([N+](=O)[O-])cc1[N+](=O)[O-].COc1ccc2c(c1)OCC(c1ccccc1)C2=NNc1ccccc1.COc1ccc2c(c1)OCC(c1ccccc1)C2=NO. The van der Waals surface area contributed by atoms with E-state index in [0.717, 1.165) is 57.0 Å². The molecule has 410 valence electrons. The number of benzene rings is 8. The number of hydrogen-bond acceptors (Lipinski definition) is 18. The Morgan fingerprint density at radius 2 is 0.938 bits per heavy atom. The predicted molar refractivity (Wildman–Crippen MR) is 304 cm³/mol. The molecule has 0 saturated carbocycles. The highest BCUT2D eigenvalue weighted by Gasteiger charge is 2.33. The van der Waals surface area contributed by atoms with E-state index in [9.17, 15) is 25.4 Å². The lowest BCUT2D eigenvalue weighted by Crippen LogP contribution is -2.27. The number of methoxy groups -OCH3 is 3. The van der Waals surface area contributed by atoms with Gasteiger partial charge in [-0.15, -0.1) is 0 Å². The number of hydrogen-bond donors (Lipinski definition) is 3. The molecule has 4 heterocycles. The van der Waals surface area contributed by atoms with Gasteiger partial charge >= 0.3 is 5.69 Å². The van der Waals surface area contributed by atoms with Gasteiger partial charge in [-0.1, -0.05) is 90.1 Å². The van der Waals surface area contributed by atoms with Gasteiger partial charge in [-0.25, -0.2) is 0 Å². The van der Waals surface area contributed by atoms with Crippen molar-refractivity contribution >= 4 is 39.9 Å². The summed E-state index contributed by atoms with van der Waals surface area (Å²) in [5.74, 6) is 5.00. The monoisotopic (exact) mass is 1090 g/mol. The van der Waals surface area contributed by atoms with E-state index in [1.54, 1.807) is 45.6 Å². The van der Waals surface area contributed by atoms with Crippen LogP contribution in [-0.4, -0.2) is 80.1 Å². The van der Waals surface area contributed by atoms with Gasteiger partial charge in [-0.2, -0.15) is 10.2 Å². The Hall–Kier alpha value is -10.6. The molecule has 0 amide bonds. The van der Waals surface area contributed by atoms with Crippen LogP contribution in [0, 0.1) is 20.2 Å². The van der Waals surface area contributed by atoms with Gasteiger partial charge < -0.3 is 43.1 Å². The van der Waals surface area contributed by atoms with E-state index in [1.165, 1.54) is 17.7 Å². The molecule has 3 atom stereocenters. The maximum absolute atomic E-state index is 11.5. The van der Waals surface area contributed by atoms with Crippen molar-refractivity contribution in [1.82, 2.24) is 0 Å². The normalized spacial score (nSPS) is 17.6. The molecular formula is C61H53N7O13. The minimum atomic E-state index is -0.701. The van der Waals surface area contributed by atoms with Crippen molar-refractivity contribution in [2.75, 3.05) is 58.8 Å². The van der Waals surface area contributed by atoms with E-state index < -0.39 is 21.2 Å². The third-order valence-electron chi connectivity index (χ3n) is 13.7. The summed E-state index contributed by atoms with van der Waals surface area (Å²) in [6, 6.07) is 55.7. The highest BCUT2D eigenvalue weighted by molar-refractivity contribution is 6.10. The van der Waals surface area contributed by atoms with Crippen molar-refractivity contribution in [3.8, 4) is 46.0 Å². The summed E-state index contributed by atoms with van der Waals surface area (Å²) in [5.41, 5.74) is 13.7. The summed E-state index contributed by atoms with van der Waals surface area (Å²) >= 11 is 0. The number of anilines is 2. The van der Waals surface area contributed by atoms with Gasteiger partial charge in [-0.05, 0) is 83.4 Å². The highest BCUT2D eigenvalue weighted by Crippen LogP contribution is 2.41. The van der Waals surface area contributed by atoms with Crippen LogP contribution in [0.4, 0.5) is 22.7 Å². The summed E-state index contributed by atoms with van der Waals surface area (Å²) in [4.78, 5) is 21.2. The maximum atomic E-state index is 11.5. The number of fused-ring (bicyclic) bond motifs is 4. The zero-order chi connectivity index (χ0) is 56.2. The Morgan fingerprint density at radius 1 is 0.469 bits per heavy atom. The number of ether oxygens (including phenoxy) is 8. The van der Waals surface area contributed by atoms with Crippen LogP contribution >= 0.6 is 0 Å². The smallest absolute Gasteiger partial charge is 0.301 e. The standard InChI is InChI=1S/C23H18N4O8.C22H20N2O2.C16H15NO3/c1-32-15-4-5-16-21(10-15)33-11-17(13-2-7-20-22(8-13)35-12-34-20)23(16)25-24-18-6-3-14(26(28)29)9-19(18)27(30)31;1-25-18-12-13-19-21(14-18)26-15-20(16-8-4-2-5-9-16)22(19)24-23-17-10-6-3-7-11-17;1-19-12-7-8-13-15(9-12)20-10-14(16(13)17-18)11-5-3-2-4-6-11/h2-10,17,24H,11-12H2,1H3;2-14,20,23H,15H2,1H3;2-9,14,18H,10H2,1H3. The van der Waals surface area contributed by atoms with Crippen LogP contribution in [0.5, 0.6) is 46.0 Å². The minimum absolute atomic E-state index is 0.0130. The van der Waals surface area contributed by atoms with Crippen molar-refractivity contribution in [2.45, 2.75) is 17.8 Å². The second-order valence-electron chi connectivity index (χ2n) is 18.4. The minimum Gasteiger partial charge on any atom is -0.497 e. The van der Waals surface area contributed by atoms with Crippen molar-refractivity contribution in [3.63, 3.8) is 0 Å². The van der Waals surface area contributed by atoms with Crippen LogP contribution in [-0.2, 0) is 0 Å². The lowest BCUT2D eigenvalue weighted by molar-refractivity contribution is -0.393. The summed E-state index contributed by atoms with van der Waals surface area (Å²) in [6.07, 6.45) is 0. The molecule has 81 heavy (non-hydrogen) atoms. The van der Waals surface area contributed by atoms with E-state index in [4.69, 9.17) is 43.0 Å². The van der Waals surface area contributed by atoms with Crippen LogP contribution in [0.15, 0.2) is 197 Å². The van der Waals surface area contributed by atoms with E-state index >= 15 is 0 Å². The van der Waals surface area contributed by atoms with E-state index in [2.05, 4.69) is 33.2 Å². The Balaban J connectivity index is 0.000000142. The molecule has 20 nitrogen and oxygen atoms in total. The van der Waals surface area contributed by atoms with Crippen molar-refractivity contribution in [3.05, 3.63) is 236 Å². The summed E-state index contributed by atoms with van der Waals surface area (Å²) < 4.78 is 44.5. The molecule has 0 spiro atoms. The number of nitro groups is 2. The summed E-state index contributed by atoms with van der Waals surface area (Å²) in [7, 11) is 4.81. The average Bonchev–Trinajstić information content (AvgIpc) is 4.05. The second-order valence-corrected chi connectivity index (χ2v) is 18.4. The highest BCUT2D eigenvalue weighted by atomic mass is 16.7. The fourth-order valence-corrected chi connectivity index (χ4v) is 9.50. The number of nitro benzene ring substituents is 2. The molecule has 4 aliphatic heterocycles. The summed E-state index contributed by atoms with van der Waals surface area (Å²) in [5, 5.41) is 44.8. The number of nitrogens with one attached hydrogen (secondary N) is 2. The number of oxime groups is 1. The lowest BCUT2D eigenvalue weighted by atomic mass is 9.88. The van der Waals surface area contributed by atoms with Gasteiger partial charge in [0.1, 0.15) is 65.7 Å². The van der Waals surface area contributed by atoms with Gasteiger partial charge in [-0.3, -0.25) is 31.1 Å². The van der Waals surface area contributed by atoms with Crippen LogP contribution in [0.2, 0.25) is 0 Å². The van der Waals surface area contributed by atoms with E-state index in [0.29, 0.717) is 58.9 Å². The Labute approximate surface area is 464 Å². The predicted octanol–water partition coefficient (Wildman–Crippen LogP) is 12.0. The van der Waals surface area contributed by atoms with Crippen LogP contribution in [0.1, 0.15) is 51.1 Å². The molecule has 0 fully saturated rings. The van der Waals surface area contributed by atoms with Gasteiger partial charge in [0.2, 0.25) is 6.79 Å². The summed E-state index contributed by atoms with van der Waals surface area (Å²) in [6.45, 7) is 1.36. The fourth-order valence-electron chi connectivity index (χ4n) is 9.50. The molecule has 0 saturated heterocycles. The molecule has 0 aromatic heterocycles. The molecule has 8 aromatic rings. The quantitative estimate of drug-likeness (QED) is 0.0585. The lowest BCUT2D eigenvalue weighted by Gasteiger charge is -2.28. The first kappa shape index (κ1) is 53.8. The number of hydrazone groups is 2. The topological polar surface area (TPSA) is 241 Å². The van der Waals surface area contributed by atoms with Crippen molar-refractivity contribution < 1.29 is 52.9 Å². The van der Waals surface area contributed by atoms with Gasteiger partial charge in [0, 0.05) is 41.0 Å². The number of nitrogens with zero attached hydrogens (tertiary/aromatic N) is 5. The maximum Gasteiger partial charge on any atom is 0.301 e. The Morgan fingerprint density at radius 3 is 1.43 bits per heavy atom. The molecule has 0 bridgehead atoms. The zero-order valence-corrected chi connectivity index (χ0v) is 44.0. The number of rotatable bonds is 12. The third kappa shape index (κ3) is 12.1. The zero-order valence-electron chi connectivity index (χ0n) is 44.0. The molecule has 20 heteroatoms.